The molecule has 0 bridgehead atoms. The molecular weight excluding hydrogens is 214 g/mol. The molecule has 4 nitrogen and oxygen atoms in total. The Labute approximate surface area is 104 Å². The van der Waals surface area contributed by atoms with E-state index in [2.05, 4.69) is 10.3 Å². The van der Waals surface area contributed by atoms with Gasteiger partial charge in [-0.2, -0.15) is 0 Å². The molecule has 2 atom stereocenters. The second-order valence-corrected chi connectivity index (χ2v) is 6.23. The maximum Gasteiger partial charge on any atom is 0.240 e. The largest absolute Gasteiger partial charge is 0.299 e. The Bertz CT molecular complexity index is 290. The molecule has 1 saturated carbocycles. The van der Waals surface area contributed by atoms with Crippen LogP contribution < -0.4 is 11.3 Å². The van der Waals surface area contributed by atoms with Crippen LogP contribution in [-0.4, -0.2) is 29.9 Å². The first-order valence-corrected chi connectivity index (χ1v) is 6.80. The second kappa shape index (κ2) is 4.94. The van der Waals surface area contributed by atoms with Gasteiger partial charge in [0.2, 0.25) is 5.91 Å². The van der Waals surface area contributed by atoms with Crippen LogP contribution in [-0.2, 0) is 4.79 Å². The van der Waals surface area contributed by atoms with Crippen LogP contribution in [0.3, 0.4) is 0 Å². The quantitative estimate of drug-likeness (QED) is 0.443. The minimum atomic E-state index is -0.388. The second-order valence-electron chi connectivity index (χ2n) is 6.23. The summed E-state index contributed by atoms with van der Waals surface area (Å²) < 4.78 is 0. The lowest BCUT2D eigenvalue weighted by Gasteiger charge is -2.36. The summed E-state index contributed by atoms with van der Waals surface area (Å²) in [6.07, 6.45) is 6.74. The molecule has 0 spiro atoms. The molecule has 3 N–H and O–H groups in total. The van der Waals surface area contributed by atoms with Crippen molar-refractivity contribution in [2.24, 2.45) is 17.2 Å². The number of fused-ring (bicyclic) bond motifs is 1. The minimum absolute atomic E-state index is 0.0586. The predicted octanol–water partition coefficient (Wildman–Crippen LogP) is 1.27. The van der Waals surface area contributed by atoms with Crippen molar-refractivity contribution in [3.63, 3.8) is 0 Å². The molecule has 2 unspecified atom stereocenters. The molecule has 2 rings (SSSR count). The number of nitrogens with two attached hydrogens (primary N) is 1. The molecule has 17 heavy (non-hydrogen) atoms. The molecule has 0 aromatic heterocycles. The number of amides is 1. The smallest absolute Gasteiger partial charge is 0.240 e. The Hall–Kier alpha value is -0.610. The summed E-state index contributed by atoms with van der Waals surface area (Å²) in [5.74, 6) is 6.06. The fourth-order valence-electron chi connectivity index (χ4n) is 3.47. The topological polar surface area (TPSA) is 58.4 Å². The summed E-state index contributed by atoms with van der Waals surface area (Å²) in [7, 11) is 0. The van der Waals surface area contributed by atoms with Crippen LogP contribution in [0.1, 0.15) is 46.0 Å². The van der Waals surface area contributed by atoms with E-state index in [1.165, 1.54) is 32.1 Å². The van der Waals surface area contributed by atoms with E-state index in [9.17, 15) is 4.79 Å². The van der Waals surface area contributed by atoms with Gasteiger partial charge < -0.3 is 0 Å². The number of nitrogens with zero attached hydrogens (tertiary/aromatic N) is 1. The molecule has 1 aliphatic carbocycles. The van der Waals surface area contributed by atoms with Crippen LogP contribution in [0, 0.1) is 11.3 Å². The van der Waals surface area contributed by atoms with E-state index in [-0.39, 0.29) is 11.3 Å². The average molecular weight is 239 g/mol. The summed E-state index contributed by atoms with van der Waals surface area (Å²) in [6.45, 7) is 5.94. The Kier molecular flexibility index (Phi) is 3.73. The standard InChI is InChI=1S/C13H25N3O/c1-13(2,12(17)15-14)9-16-8-7-10-5-3-4-6-11(10)16/h10-11H,3-9,14H2,1-2H3,(H,15,17). The highest BCUT2D eigenvalue weighted by Gasteiger charge is 2.39. The molecule has 2 fully saturated rings. The first-order valence-electron chi connectivity index (χ1n) is 6.80. The van der Waals surface area contributed by atoms with Crippen molar-refractivity contribution in [2.75, 3.05) is 13.1 Å². The zero-order chi connectivity index (χ0) is 12.5. The van der Waals surface area contributed by atoms with Crippen molar-refractivity contribution in [1.82, 2.24) is 10.3 Å². The molecule has 1 saturated heterocycles. The van der Waals surface area contributed by atoms with E-state index in [0.29, 0.717) is 6.04 Å². The number of carbonyl (C=O) groups is 1. The van der Waals surface area contributed by atoms with Crippen LogP contribution in [0.2, 0.25) is 0 Å². The molecule has 1 heterocycles. The minimum Gasteiger partial charge on any atom is -0.299 e. The normalized spacial score (nSPS) is 30.1. The van der Waals surface area contributed by atoms with Gasteiger partial charge in [0.05, 0.1) is 5.41 Å². The van der Waals surface area contributed by atoms with Gasteiger partial charge in [-0.05, 0) is 45.6 Å². The molecule has 98 valence electrons. The van der Waals surface area contributed by atoms with Gasteiger partial charge in [0.25, 0.3) is 0 Å². The highest BCUT2D eigenvalue weighted by Crippen LogP contribution is 2.37. The van der Waals surface area contributed by atoms with Crippen LogP contribution in [0.15, 0.2) is 0 Å². The third kappa shape index (κ3) is 2.63. The van der Waals surface area contributed by atoms with Crippen LogP contribution in [0.25, 0.3) is 0 Å². The van der Waals surface area contributed by atoms with E-state index in [4.69, 9.17) is 5.84 Å². The fraction of sp³-hybridized carbons (Fsp3) is 0.923. The van der Waals surface area contributed by atoms with Gasteiger partial charge in [0.15, 0.2) is 0 Å². The highest BCUT2D eigenvalue weighted by atomic mass is 16.2. The third-order valence-corrected chi connectivity index (χ3v) is 4.47. The average Bonchev–Trinajstić information content (AvgIpc) is 2.71. The van der Waals surface area contributed by atoms with Crippen LogP contribution in [0.5, 0.6) is 0 Å². The molecule has 0 radical (unpaired) electrons. The van der Waals surface area contributed by atoms with Gasteiger partial charge in [-0.25, -0.2) is 5.84 Å². The van der Waals surface area contributed by atoms with E-state index in [1.807, 2.05) is 13.8 Å². The molecular formula is C13H25N3O. The number of rotatable bonds is 3. The van der Waals surface area contributed by atoms with Crippen molar-refractivity contribution in [2.45, 2.75) is 52.0 Å². The first-order chi connectivity index (χ1) is 8.04. The van der Waals surface area contributed by atoms with Gasteiger partial charge in [0, 0.05) is 12.6 Å². The van der Waals surface area contributed by atoms with E-state index < -0.39 is 0 Å². The predicted molar refractivity (Wildman–Crippen MR) is 68.0 cm³/mol. The lowest BCUT2D eigenvalue weighted by atomic mass is 9.84. The first kappa shape index (κ1) is 12.8. The zero-order valence-electron chi connectivity index (χ0n) is 11.0. The van der Waals surface area contributed by atoms with Crippen molar-refractivity contribution in [3.05, 3.63) is 0 Å². The molecule has 1 aliphatic heterocycles. The summed E-state index contributed by atoms with van der Waals surface area (Å²) in [5, 5.41) is 0. The number of carbonyl (C=O) groups excluding carboxylic acids is 1. The number of hydrogen-bond donors (Lipinski definition) is 2. The van der Waals surface area contributed by atoms with Gasteiger partial charge in [-0.3, -0.25) is 15.1 Å². The van der Waals surface area contributed by atoms with Crippen molar-refractivity contribution < 1.29 is 4.79 Å². The van der Waals surface area contributed by atoms with Crippen LogP contribution >= 0.6 is 0 Å². The van der Waals surface area contributed by atoms with Gasteiger partial charge in [-0.15, -0.1) is 0 Å². The fourth-order valence-corrected chi connectivity index (χ4v) is 3.47. The Morgan fingerprint density at radius 1 is 1.35 bits per heavy atom. The number of nitrogens with one attached hydrogen (secondary N) is 1. The SMILES string of the molecule is CC(C)(CN1CCC2CCCCC21)C(=O)NN. The molecule has 0 aromatic carbocycles. The van der Waals surface area contributed by atoms with E-state index in [0.717, 1.165) is 19.0 Å². The van der Waals surface area contributed by atoms with E-state index in [1.54, 1.807) is 0 Å². The molecule has 0 aromatic rings. The van der Waals surface area contributed by atoms with Crippen molar-refractivity contribution in [3.8, 4) is 0 Å². The Morgan fingerprint density at radius 3 is 2.76 bits per heavy atom. The zero-order valence-corrected chi connectivity index (χ0v) is 11.0. The number of likely N-dealkylation sites (tertiary alicyclic amines) is 1. The lowest BCUT2D eigenvalue weighted by Crippen LogP contribution is -2.49. The molecule has 2 aliphatic rings. The molecule has 4 heteroatoms. The maximum absolute atomic E-state index is 11.7. The van der Waals surface area contributed by atoms with E-state index >= 15 is 0 Å². The monoisotopic (exact) mass is 239 g/mol. The maximum atomic E-state index is 11.7. The molecule has 1 amide bonds. The summed E-state index contributed by atoms with van der Waals surface area (Å²) in [4.78, 5) is 14.2. The lowest BCUT2D eigenvalue weighted by molar-refractivity contribution is -0.130. The van der Waals surface area contributed by atoms with Crippen molar-refractivity contribution in [1.29, 1.82) is 0 Å². The van der Waals surface area contributed by atoms with Gasteiger partial charge in [-0.1, -0.05) is 12.8 Å². The van der Waals surface area contributed by atoms with Gasteiger partial charge in [0.1, 0.15) is 0 Å². The summed E-state index contributed by atoms with van der Waals surface area (Å²) in [6, 6.07) is 0.716. The summed E-state index contributed by atoms with van der Waals surface area (Å²) >= 11 is 0. The Morgan fingerprint density at radius 2 is 2.06 bits per heavy atom. The Balaban J connectivity index is 1.97. The third-order valence-electron chi connectivity index (χ3n) is 4.47. The van der Waals surface area contributed by atoms with Crippen molar-refractivity contribution >= 4 is 5.91 Å². The number of hydrogen-bond acceptors (Lipinski definition) is 3. The van der Waals surface area contributed by atoms with Gasteiger partial charge >= 0.3 is 0 Å². The van der Waals surface area contributed by atoms with Crippen LogP contribution in [0.4, 0.5) is 0 Å². The highest BCUT2D eigenvalue weighted by molar-refractivity contribution is 5.81. The summed E-state index contributed by atoms with van der Waals surface area (Å²) in [5.41, 5.74) is 1.90. The number of hydrazine groups is 1.